The van der Waals surface area contributed by atoms with E-state index in [1.165, 1.54) is 18.2 Å². The summed E-state index contributed by atoms with van der Waals surface area (Å²) in [6, 6.07) is 2.24. The van der Waals surface area contributed by atoms with E-state index in [1.54, 1.807) is 0 Å². The maximum Gasteiger partial charge on any atom is 0.289 e. The molecule has 0 spiro atoms. The van der Waals surface area contributed by atoms with Crippen molar-refractivity contribution in [3.05, 3.63) is 28.2 Å². The number of rotatable bonds is 3. The zero-order valence-electron chi connectivity index (χ0n) is 7.62. The molecule has 0 bridgehead atoms. The topological polar surface area (TPSA) is 66.5 Å². The van der Waals surface area contributed by atoms with Crippen molar-refractivity contribution in [3.8, 4) is 5.75 Å². The van der Waals surface area contributed by atoms with Gasteiger partial charge in [-0.1, -0.05) is 6.07 Å². The fourth-order valence-electron chi connectivity index (χ4n) is 1.06. The van der Waals surface area contributed by atoms with Crippen molar-refractivity contribution in [2.75, 3.05) is 6.61 Å². The molecule has 0 aliphatic heterocycles. The minimum Gasteiger partial charge on any atom is -0.507 e. The Labute approximate surface area is 93.7 Å². The third-order valence-corrected chi connectivity index (χ3v) is 2.63. The van der Waals surface area contributed by atoms with Crippen LogP contribution >= 0.6 is 15.9 Å². The molecule has 0 unspecified atom stereocenters. The SMILES string of the molecule is N[C@H](c1ccc(O)c(Br)c1)C(F)(F)CO. The first kappa shape index (κ1) is 12.4. The molecule has 6 heteroatoms. The van der Waals surface area contributed by atoms with Crippen LogP contribution in [0.3, 0.4) is 0 Å². The zero-order chi connectivity index (χ0) is 11.6. The smallest absolute Gasteiger partial charge is 0.289 e. The van der Waals surface area contributed by atoms with E-state index in [1.807, 2.05) is 0 Å². The van der Waals surface area contributed by atoms with E-state index in [9.17, 15) is 8.78 Å². The van der Waals surface area contributed by atoms with Gasteiger partial charge in [-0.3, -0.25) is 0 Å². The van der Waals surface area contributed by atoms with Gasteiger partial charge in [0.1, 0.15) is 12.4 Å². The number of halogens is 3. The third kappa shape index (κ3) is 2.64. The molecule has 0 heterocycles. The highest BCUT2D eigenvalue weighted by atomic mass is 79.9. The molecule has 84 valence electrons. The van der Waals surface area contributed by atoms with Gasteiger partial charge < -0.3 is 15.9 Å². The number of aliphatic hydroxyl groups is 1. The lowest BCUT2D eigenvalue weighted by atomic mass is 10.0. The molecular formula is C9H10BrF2NO2. The Hall–Kier alpha value is -0.720. The normalized spacial score (nSPS) is 13.9. The Balaban J connectivity index is 3.02. The summed E-state index contributed by atoms with van der Waals surface area (Å²) in [5.41, 5.74) is 5.43. The van der Waals surface area contributed by atoms with Gasteiger partial charge in [-0.2, -0.15) is 0 Å². The van der Waals surface area contributed by atoms with Crippen LogP contribution in [0, 0.1) is 0 Å². The van der Waals surface area contributed by atoms with Crippen LogP contribution in [0.15, 0.2) is 22.7 Å². The number of benzene rings is 1. The fraction of sp³-hybridized carbons (Fsp3) is 0.333. The Morgan fingerprint density at radius 1 is 1.47 bits per heavy atom. The van der Waals surface area contributed by atoms with Crippen molar-refractivity contribution in [1.82, 2.24) is 0 Å². The predicted octanol–water partition coefficient (Wildman–Crippen LogP) is 1.78. The number of hydrogen-bond acceptors (Lipinski definition) is 3. The molecule has 0 saturated carbocycles. The largest absolute Gasteiger partial charge is 0.507 e. The second-order valence-electron chi connectivity index (χ2n) is 3.11. The highest BCUT2D eigenvalue weighted by molar-refractivity contribution is 9.10. The number of aromatic hydroxyl groups is 1. The molecule has 3 nitrogen and oxygen atoms in total. The summed E-state index contributed by atoms with van der Waals surface area (Å²) in [6.07, 6.45) is 0. The van der Waals surface area contributed by atoms with Gasteiger partial charge in [-0.25, -0.2) is 8.78 Å². The summed E-state index contributed by atoms with van der Waals surface area (Å²) in [6.45, 7) is -1.31. The fourth-order valence-corrected chi connectivity index (χ4v) is 1.46. The molecule has 0 fully saturated rings. The predicted molar refractivity (Wildman–Crippen MR) is 54.8 cm³/mol. The molecule has 0 aliphatic rings. The molecule has 15 heavy (non-hydrogen) atoms. The van der Waals surface area contributed by atoms with Crippen LogP contribution < -0.4 is 5.73 Å². The first-order valence-corrected chi connectivity index (χ1v) is 4.90. The highest BCUT2D eigenvalue weighted by Crippen LogP contribution is 2.32. The van der Waals surface area contributed by atoms with Crippen molar-refractivity contribution in [3.63, 3.8) is 0 Å². The minimum absolute atomic E-state index is 0.0572. The molecule has 4 N–H and O–H groups in total. The quantitative estimate of drug-likeness (QED) is 0.791. The van der Waals surface area contributed by atoms with E-state index in [2.05, 4.69) is 15.9 Å². The van der Waals surface area contributed by atoms with Crippen LogP contribution in [0.1, 0.15) is 11.6 Å². The van der Waals surface area contributed by atoms with Crippen LogP contribution in [-0.4, -0.2) is 22.7 Å². The molecule has 1 atom stereocenters. The van der Waals surface area contributed by atoms with Gasteiger partial charge >= 0.3 is 0 Å². The average Bonchev–Trinajstić information content (AvgIpc) is 2.21. The second-order valence-corrected chi connectivity index (χ2v) is 3.96. The third-order valence-electron chi connectivity index (χ3n) is 2.00. The first-order chi connectivity index (χ1) is 6.88. The Bertz CT molecular complexity index is 360. The Morgan fingerprint density at radius 3 is 2.53 bits per heavy atom. The van der Waals surface area contributed by atoms with E-state index in [4.69, 9.17) is 15.9 Å². The van der Waals surface area contributed by atoms with Crippen LogP contribution in [0.4, 0.5) is 8.78 Å². The number of alkyl halides is 2. The zero-order valence-corrected chi connectivity index (χ0v) is 9.21. The van der Waals surface area contributed by atoms with Crippen LogP contribution in [0.2, 0.25) is 0 Å². The Morgan fingerprint density at radius 2 is 2.07 bits per heavy atom. The van der Waals surface area contributed by atoms with Crippen LogP contribution in [0.5, 0.6) is 5.75 Å². The van der Waals surface area contributed by atoms with Crippen molar-refractivity contribution in [2.45, 2.75) is 12.0 Å². The standard InChI is InChI=1S/C9H10BrF2NO2/c10-6-3-5(1-2-7(6)15)8(13)9(11,12)4-14/h1-3,8,14-15H,4,13H2/t8-/m1/s1. The number of hydrogen-bond donors (Lipinski definition) is 3. The molecule has 0 radical (unpaired) electrons. The summed E-state index contributed by atoms with van der Waals surface area (Å²) in [7, 11) is 0. The van der Waals surface area contributed by atoms with E-state index >= 15 is 0 Å². The number of aliphatic hydroxyl groups excluding tert-OH is 1. The minimum atomic E-state index is -3.38. The molecule has 1 rings (SSSR count). The summed E-state index contributed by atoms with van der Waals surface area (Å²) in [5.74, 6) is -3.44. The summed E-state index contributed by atoms with van der Waals surface area (Å²) in [4.78, 5) is 0. The molecule has 1 aromatic rings. The lowest BCUT2D eigenvalue weighted by molar-refractivity contribution is -0.0712. The monoisotopic (exact) mass is 281 g/mol. The van der Waals surface area contributed by atoms with E-state index in [0.29, 0.717) is 0 Å². The van der Waals surface area contributed by atoms with Gasteiger partial charge in [0.05, 0.1) is 10.5 Å². The number of phenolic OH excluding ortho intramolecular Hbond substituents is 1. The molecular weight excluding hydrogens is 272 g/mol. The maximum atomic E-state index is 13.0. The highest BCUT2D eigenvalue weighted by Gasteiger charge is 2.37. The molecule has 0 aliphatic carbocycles. The summed E-state index contributed by atoms with van der Waals surface area (Å²) >= 11 is 2.99. The van der Waals surface area contributed by atoms with Crippen molar-refractivity contribution < 1.29 is 19.0 Å². The number of nitrogens with two attached hydrogens (primary N) is 1. The maximum absolute atomic E-state index is 13.0. The van der Waals surface area contributed by atoms with Gasteiger partial charge in [0, 0.05) is 0 Å². The summed E-state index contributed by atoms with van der Waals surface area (Å²) in [5, 5.41) is 17.6. The van der Waals surface area contributed by atoms with Gasteiger partial charge in [-0.05, 0) is 33.6 Å². The molecule has 0 amide bonds. The molecule has 0 aromatic heterocycles. The van der Waals surface area contributed by atoms with Gasteiger partial charge in [0.25, 0.3) is 5.92 Å². The van der Waals surface area contributed by atoms with Crippen molar-refractivity contribution in [2.24, 2.45) is 5.73 Å². The van der Waals surface area contributed by atoms with E-state index in [-0.39, 0.29) is 15.8 Å². The van der Waals surface area contributed by atoms with Gasteiger partial charge in [-0.15, -0.1) is 0 Å². The van der Waals surface area contributed by atoms with Gasteiger partial charge in [0.2, 0.25) is 0 Å². The van der Waals surface area contributed by atoms with E-state index < -0.39 is 18.6 Å². The second kappa shape index (κ2) is 4.42. The van der Waals surface area contributed by atoms with E-state index in [0.717, 1.165) is 0 Å². The summed E-state index contributed by atoms with van der Waals surface area (Å²) < 4.78 is 26.3. The first-order valence-electron chi connectivity index (χ1n) is 4.11. The van der Waals surface area contributed by atoms with Gasteiger partial charge in [0.15, 0.2) is 0 Å². The number of phenols is 1. The molecule has 0 saturated heterocycles. The lowest BCUT2D eigenvalue weighted by Crippen LogP contribution is -2.36. The van der Waals surface area contributed by atoms with Crippen LogP contribution in [-0.2, 0) is 0 Å². The lowest BCUT2D eigenvalue weighted by Gasteiger charge is -2.21. The molecule has 1 aromatic carbocycles. The average molecular weight is 282 g/mol. The Kier molecular flexibility index (Phi) is 3.64. The van der Waals surface area contributed by atoms with Crippen LogP contribution in [0.25, 0.3) is 0 Å². The van der Waals surface area contributed by atoms with Crippen molar-refractivity contribution in [1.29, 1.82) is 0 Å². The van der Waals surface area contributed by atoms with Crippen molar-refractivity contribution >= 4 is 15.9 Å².